The van der Waals surface area contributed by atoms with E-state index in [1.807, 2.05) is 0 Å². The lowest BCUT2D eigenvalue weighted by Crippen LogP contribution is -2.49. The van der Waals surface area contributed by atoms with Gasteiger partial charge in [0.05, 0.1) is 93.8 Å². The number of hydrogen-bond acceptors (Lipinski definition) is 20. The summed E-state index contributed by atoms with van der Waals surface area (Å²) in [7, 11) is 9.38. The van der Waals surface area contributed by atoms with E-state index in [1.165, 1.54) is 35.5 Å². The van der Waals surface area contributed by atoms with Gasteiger partial charge in [-0.05, 0) is 70.2 Å². The minimum Gasteiger partial charge on any atom is -0.469 e. The molecule has 80 heavy (non-hydrogen) atoms. The number of nitrogens with one attached hydrogen (secondary N) is 4. The first-order valence-corrected chi connectivity index (χ1v) is 25.2. The Kier molecular flexibility index (Phi) is 22.7. The van der Waals surface area contributed by atoms with E-state index in [0.717, 1.165) is 21.3 Å². The zero-order chi connectivity index (χ0) is 58.7. The number of aromatic amines is 3. The highest BCUT2D eigenvalue weighted by Gasteiger charge is 2.48. The molecule has 1 amide bonds. The molecule has 0 saturated carbocycles. The van der Waals surface area contributed by atoms with Crippen LogP contribution in [-0.4, -0.2) is 143 Å². The Morgan fingerprint density at radius 3 is 1.40 bits per heavy atom. The molecular formula is C56H66N4O20. The maximum Gasteiger partial charge on any atom is 0.355 e. The number of benzene rings is 1. The monoisotopic (exact) mass is 1110 g/mol. The van der Waals surface area contributed by atoms with Crippen molar-refractivity contribution in [3.8, 4) is 0 Å². The Bertz CT molecular complexity index is 3010. The number of hydrogen-bond donors (Lipinski definition) is 4. The van der Waals surface area contributed by atoms with Crippen molar-refractivity contribution in [3.05, 3.63) is 115 Å². The highest BCUT2D eigenvalue weighted by atomic mass is 16.6. The zero-order valence-corrected chi connectivity index (χ0v) is 45.9. The first kappa shape index (κ1) is 62.0. The Hall–Kier alpha value is -8.83. The number of methoxy groups -OCH3 is 8. The third-order valence-electron chi connectivity index (χ3n) is 13.9. The quantitative estimate of drug-likeness (QED) is 0.0330. The molecule has 0 spiro atoms. The molecule has 24 nitrogen and oxygen atoms in total. The third kappa shape index (κ3) is 15.7. The van der Waals surface area contributed by atoms with Crippen LogP contribution in [-0.2, 0) is 150 Å². The summed E-state index contributed by atoms with van der Waals surface area (Å²) in [4.78, 5) is 156. The van der Waals surface area contributed by atoms with Crippen molar-refractivity contribution in [1.82, 2.24) is 20.3 Å². The standard InChI is InChI=1S/C56H66N4O20/c1-72-45(62)18-14-32-37(23-50(67)77-6)43(57-40(32)26-41-36(22-49(66)76-5)33(44(29-61)58-41)15-19-46(63)73-2)28-56(39(25-52(69)79-8)35(54(70)60-56)17-21-48(65)75-4)27-42-34(16-20-47(64)74-3)38(24-51(68)78-7)53(59-42)55(71)80-30-31-12-10-9-11-13-31/h9-13,29,57-59H,14-28,30H2,1-8H3,(H,60,70). The van der Waals surface area contributed by atoms with Crippen LogP contribution in [0.2, 0.25) is 0 Å². The minimum absolute atomic E-state index is 0.00679. The topological polar surface area (TPSA) is 330 Å². The van der Waals surface area contributed by atoms with Crippen molar-refractivity contribution in [2.24, 2.45) is 0 Å². The fraction of sp³-hybridized carbons (Fsp3) is 0.446. The van der Waals surface area contributed by atoms with Crippen molar-refractivity contribution in [3.63, 3.8) is 0 Å². The maximum absolute atomic E-state index is 14.7. The number of carbonyl (C=O) groups excluding carboxylic acids is 11. The minimum atomic E-state index is -1.81. The number of carbonyl (C=O) groups is 11. The van der Waals surface area contributed by atoms with Crippen LogP contribution in [0, 0.1) is 0 Å². The van der Waals surface area contributed by atoms with Crippen molar-refractivity contribution >= 4 is 65.9 Å². The van der Waals surface area contributed by atoms with Crippen molar-refractivity contribution in [2.75, 3.05) is 56.9 Å². The fourth-order valence-corrected chi connectivity index (χ4v) is 9.84. The molecule has 1 aliphatic rings. The van der Waals surface area contributed by atoms with Crippen molar-refractivity contribution < 1.29 is 95.4 Å². The normalized spacial score (nSPS) is 13.7. The van der Waals surface area contributed by atoms with Crippen molar-refractivity contribution in [1.29, 1.82) is 0 Å². The van der Waals surface area contributed by atoms with Gasteiger partial charge in [-0.1, -0.05) is 30.3 Å². The van der Waals surface area contributed by atoms with Crippen LogP contribution in [0.3, 0.4) is 0 Å². The summed E-state index contributed by atoms with van der Waals surface area (Å²) >= 11 is 0. The van der Waals surface area contributed by atoms with Gasteiger partial charge in [0.2, 0.25) is 5.91 Å². The van der Waals surface area contributed by atoms with E-state index >= 15 is 0 Å². The first-order valence-electron chi connectivity index (χ1n) is 25.2. The summed E-state index contributed by atoms with van der Waals surface area (Å²) in [5.74, 6) is -7.21. The molecule has 0 saturated heterocycles. The van der Waals surface area contributed by atoms with Crippen LogP contribution < -0.4 is 5.32 Å². The maximum atomic E-state index is 14.7. The van der Waals surface area contributed by atoms with Gasteiger partial charge in [-0.15, -0.1) is 0 Å². The average molecular weight is 1120 g/mol. The summed E-state index contributed by atoms with van der Waals surface area (Å²) < 4.78 is 46.0. The molecule has 5 rings (SSSR count). The van der Waals surface area contributed by atoms with Crippen LogP contribution in [0.1, 0.15) is 121 Å². The lowest BCUT2D eigenvalue weighted by molar-refractivity contribution is -0.141. The molecule has 0 aliphatic carbocycles. The van der Waals surface area contributed by atoms with E-state index in [2.05, 4.69) is 20.3 Å². The Labute approximate surface area is 460 Å². The van der Waals surface area contributed by atoms with Crippen LogP contribution in [0.5, 0.6) is 0 Å². The molecule has 0 bridgehead atoms. The van der Waals surface area contributed by atoms with Gasteiger partial charge in [0.15, 0.2) is 6.29 Å². The number of H-pyrrole nitrogens is 3. The predicted molar refractivity (Wildman–Crippen MR) is 277 cm³/mol. The van der Waals surface area contributed by atoms with E-state index in [0.29, 0.717) is 39.9 Å². The van der Waals surface area contributed by atoms with Crippen molar-refractivity contribution in [2.45, 2.75) is 108 Å². The highest BCUT2D eigenvalue weighted by molar-refractivity contribution is 6.00. The molecule has 1 unspecified atom stereocenters. The molecule has 4 aromatic rings. The number of ether oxygens (including phenoxy) is 9. The van der Waals surface area contributed by atoms with Gasteiger partial charge >= 0.3 is 53.7 Å². The summed E-state index contributed by atoms with van der Waals surface area (Å²) in [5.41, 5.74) is 1.45. The van der Waals surface area contributed by atoms with Gasteiger partial charge in [0, 0.05) is 73.3 Å². The molecule has 3 aromatic heterocycles. The smallest absolute Gasteiger partial charge is 0.355 e. The molecule has 4 N–H and O–H groups in total. The molecule has 4 heterocycles. The van der Waals surface area contributed by atoms with Gasteiger partial charge in [-0.25, -0.2) is 4.79 Å². The number of amides is 1. The van der Waals surface area contributed by atoms with E-state index in [-0.39, 0.29) is 134 Å². The summed E-state index contributed by atoms with van der Waals surface area (Å²) in [6.07, 6.45) is -3.70. The second kappa shape index (κ2) is 29.2. The zero-order valence-electron chi connectivity index (χ0n) is 45.9. The molecule has 24 heteroatoms. The number of aromatic nitrogens is 3. The highest BCUT2D eigenvalue weighted by Crippen LogP contribution is 2.41. The molecule has 0 fully saturated rings. The summed E-state index contributed by atoms with van der Waals surface area (Å²) in [6, 6.07) is 8.75. The Morgan fingerprint density at radius 2 is 0.900 bits per heavy atom. The average Bonchev–Trinajstić information content (AvgIpc) is 4.34. The molecule has 1 aromatic carbocycles. The summed E-state index contributed by atoms with van der Waals surface area (Å²) in [5, 5.41) is 3.07. The van der Waals surface area contributed by atoms with Gasteiger partial charge in [-0.2, -0.15) is 0 Å². The molecule has 0 radical (unpaired) electrons. The largest absolute Gasteiger partial charge is 0.469 e. The molecule has 1 aliphatic heterocycles. The first-order chi connectivity index (χ1) is 38.3. The lowest BCUT2D eigenvalue weighted by Gasteiger charge is -2.33. The molecular weight excluding hydrogens is 1050 g/mol. The molecule has 430 valence electrons. The van der Waals surface area contributed by atoms with E-state index in [1.54, 1.807) is 30.3 Å². The van der Waals surface area contributed by atoms with Crippen LogP contribution in [0.25, 0.3) is 0 Å². The van der Waals surface area contributed by atoms with Gasteiger partial charge < -0.3 is 62.9 Å². The second-order valence-corrected chi connectivity index (χ2v) is 18.5. The Morgan fingerprint density at radius 1 is 0.475 bits per heavy atom. The lowest BCUT2D eigenvalue weighted by atomic mass is 9.77. The number of rotatable bonds is 30. The van der Waals surface area contributed by atoms with E-state index < -0.39 is 84.4 Å². The van der Waals surface area contributed by atoms with E-state index in [4.69, 9.17) is 42.6 Å². The van der Waals surface area contributed by atoms with Gasteiger partial charge in [0.1, 0.15) is 12.3 Å². The Balaban J connectivity index is 1.88. The van der Waals surface area contributed by atoms with E-state index in [9.17, 15) is 52.7 Å². The predicted octanol–water partition coefficient (Wildman–Crippen LogP) is 3.36. The van der Waals surface area contributed by atoms with Gasteiger partial charge in [0.25, 0.3) is 0 Å². The van der Waals surface area contributed by atoms with Crippen LogP contribution in [0.4, 0.5) is 0 Å². The van der Waals surface area contributed by atoms with Crippen LogP contribution in [0.15, 0.2) is 41.5 Å². The van der Waals surface area contributed by atoms with Crippen LogP contribution >= 0.6 is 0 Å². The number of esters is 9. The fourth-order valence-electron chi connectivity index (χ4n) is 9.84. The SMILES string of the molecule is COC(=O)CCC1=C(CC(=O)OC)C(Cc2[nH]c(Cc3[nH]c(C=O)c(CCC(=O)OC)c3CC(=O)OC)c(CCC(=O)OC)c2CC(=O)OC)(Cc2[nH]c(C(=O)OCc3ccccc3)c(CC(=O)OC)c2CCC(=O)OC)NC1=O. The number of aldehydes is 1. The molecule has 1 atom stereocenters. The van der Waals surface area contributed by atoms with Gasteiger partial charge in [-0.3, -0.25) is 47.9 Å². The second-order valence-electron chi connectivity index (χ2n) is 18.5. The third-order valence-corrected chi connectivity index (χ3v) is 13.9. The summed E-state index contributed by atoms with van der Waals surface area (Å²) in [6.45, 7) is -0.187.